The number of aliphatic carboxylic acids is 1. The van der Waals surface area contributed by atoms with Crippen LogP contribution in [0.25, 0.3) is 0 Å². The van der Waals surface area contributed by atoms with E-state index < -0.39 is 36.1 Å². The summed E-state index contributed by atoms with van der Waals surface area (Å²) in [6, 6.07) is 13.8. The minimum Gasteiger partial charge on any atom is -0.496 e. The minimum absolute atomic E-state index is 0.274. The molecule has 0 spiro atoms. The summed E-state index contributed by atoms with van der Waals surface area (Å²) in [4.78, 5) is 25.4. The van der Waals surface area contributed by atoms with E-state index in [1.807, 2.05) is 44.2 Å². The molecular weight excluding hydrogens is 466 g/mol. The number of hydrogen-bond acceptors (Lipinski definition) is 4. The third-order valence-corrected chi connectivity index (χ3v) is 7.55. The molecule has 0 aromatic heterocycles. The summed E-state index contributed by atoms with van der Waals surface area (Å²) in [5.41, 5.74) is 1.19. The lowest BCUT2D eigenvalue weighted by Crippen LogP contribution is -2.52. The Bertz CT molecular complexity index is 1030. The van der Waals surface area contributed by atoms with Crippen LogP contribution in [0, 0.1) is 18.3 Å². The van der Waals surface area contributed by atoms with E-state index in [4.69, 9.17) is 9.47 Å². The molecule has 3 rings (SSSR count). The number of carboxylic acids is 1. The van der Waals surface area contributed by atoms with Crippen molar-refractivity contribution in [3.63, 3.8) is 0 Å². The predicted octanol–water partition coefficient (Wildman–Crippen LogP) is 6.60. The smallest absolute Gasteiger partial charge is 0.310 e. The van der Waals surface area contributed by atoms with Crippen LogP contribution in [0.1, 0.15) is 68.1 Å². The second-order valence-corrected chi connectivity index (χ2v) is 10.1. The molecule has 0 radical (unpaired) electrons. The maximum Gasteiger partial charge on any atom is 0.310 e. The van der Waals surface area contributed by atoms with Crippen molar-refractivity contribution in [3.8, 4) is 11.5 Å². The molecule has 0 aliphatic heterocycles. The molecule has 2 aromatic carbocycles. The van der Waals surface area contributed by atoms with Gasteiger partial charge in [0.2, 0.25) is 5.92 Å². The van der Waals surface area contributed by atoms with Gasteiger partial charge in [0.05, 0.1) is 19.6 Å². The summed E-state index contributed by atoms with van der Waals surface area (Å²) in [7, 11) is 3.13. The fourth-order valence-electron chi connectivity index (χ4n) is 5.38. The summed E-state index contributed by atoms with van der Waals surface area (Å²) >= 11 is 0. The molecule has 1 saturated carbocycles. The Kier molecular flexibility index (Phi) is 8.75. The first kappa shape index (κ1) is 27.6. The average Bonchev–Trinajstić information content (AvgIpc) is 2.83. The first-order valence-electron chi connectivity index (χ1n) is 12.4. The average molecular weight is 503 g/mol. The SMILES string of the molecule is COc1cc(C(C)C(CCCCc2ccccc2)C(=O)CC2(C(=O)O)CC(F)(F)C2)cc(OC)c1C. The van der Waals surface area contributed by atoms with E-state index in [0.717, 1.165) is 30.4 Å². The van der Waals surface area contributed by atoms with Gasteiger partial charge in [-0.25, -0.2) is 8.78 Å². The molecule has 0 amide bonds. The van der Waals surface area contributed by atoms with Gasteiger partial charge in [0.15, 0.2) is 0 Å². The van der Waals surface area contributed by atoms with Gasteiger partial charge in [0.1, 0.15) is 17.3 Å². The number of ketones is 1. The zero-order valence-corrected chi connectivity index (χ0v) is 21.5. The van der Waals surface area contributed by atoms with Crippen molar-refractivity contribution in [1.82, 2.24) is 0 Å². The Morgan fingerprint density at radius 2 is 1.61 bits per heavy atom. The lowest BCUT2D eigenvalue weighted by atomic mass is 9.61. The molecule has 1 fully saturated rings. The lowest BCUT2D eigenvalue weighted by Gasteiger charge is -2.44. The third kappa shape index (κ3) is 6.23. The van der Waals surface area contributed by atoms with E-state index in [2.05, 4.69) is 12.1 Å². The van der Waals surface area contributed by atoms with Crippen LogP contribution in [-0.2, 0) is 16.0 Å². The molecule has 0 bridgehead atoms. The van der Waals surface area contributed by atoms with Crippen LogP contribution in [0.5, 0.6) is 11.5 Å². The maximum absolute atomic E-state index is 13.7. The fourth-order valence-corrected chi connectivity index (χ4v) is 5.38. The first-order chi connectivity index (χ1) is 17.0. The topological polar surface area (TPSA) is 72.8 Å². The van der Waals surface area contributed by atoms with Crippen molar-refractivity contribution >= 4 is 11.8 Å². The van der Waals surface area contributed by atoms with E-state index in [1.165, 1.54) is 5.56 Å². The number of hydrogen-bond donors (Lipinski definition) is 1. The van der Waals surface area contributed by atoms with Gasteiger partial charge in [0.25, 0.3) is 0 Å². The van der Waals surface area contributed by atoms with E-state index in [1.54, 1.807) is 14.2 Å². The third-order valence-electron chi connectivity index (χ3n) is 7.55. The number of Topliss-reactive ketones (excluding diaryl/α,β-unsaturated/α-hetero) is 1. The van der Waals surface area contributed by atoms with Crippen molar-refractivity contribution in [2.75, 3.05) is 14.2 Å². The summed E-state index contributed by atoms with van der Waals surface area (Å²) < 4.78 is 38.4. The number of halogens is 2. The van der Waals surface area contributed by atoms with Crippen molar-refractivity contribution in [2.24, 2.45) is 11.3 Å². The van der Waals surface area contributed by atoms with Gasteiger partial charge in [-0.15, -0.1) is 0 Å². The fraction of sp³-hybridized carbons (Fsp3) is 0.517. The normalized spacial score (nSPS) is 17.5. The molecule has 196 valence electrons. The molecule has 2 aromatic rings. The molecule has 36 heavy (non-hydrogen) atoms. The number of rotatable bonds is 13. The molecule has 1 N–H and O–H groups in total. The van der Waals surface area contributed by atoms with Crippen LogP contribution >= 0.6 is 0 Å². The highest BCUT2D eigenvalue weighted by Crippen LogP contribution is 2.55. The number of carbonyl (C=O) groups excluding carboxylic acids is 1. The molecule has 0 heterocycles. The molecule has 1 aliphatic carbocycles. The number of unbranched alkanes of at least 4 members (excludes halogenated alkanes) is 1. The summed E-state index contributed by atoms with van der Waals surface area (Å²) in [6.07, 6.45) is 1.07. The molecule has 0 saturated heterocycles. The Labute approximate surface area is 211 Å². The maximum atomic E-state index is 13.7. The van der Waals surface area contributed by atoms with Crippen molar-refractivity contribution in [3.05, 3.63) is 59.2 Å². The van der Waals surface area contributed by atoms with Gasteiger partial charge < -0.3 is 14.6 Å². The number of carboxylic acid groups (broad SMARTS) is 1. The van der Waals surface area contributed by atoms with E-state index in [9.17, 15) is 23.5 Å². The van der Waals surface area contributed by atoms with Gasteiger partial charge in [-0.3, -0.25) is 9.59 Å². The van der Waals surface area contributed by atoms with E-state index in [0.29, 0.717) is 17.9 Å². The predicted molar refractivity (Wildman–Crippen MR) is 134 cm³/mol. The lowest BCUT2D eigenvalue weighted by molar-refractivity contribution is -0.196. The van der Waals surface area contributed by atoms with E-state index in [-0.39, 0.29) is 18.1 Å². The Balaban J connectivity index is 1.82. The molecule has 2 unspecified atom stereocenters. The van der Waals surface area contributed by atoms with Gasteiger partial charge in [-0.05, 0) is 55.4 Å². The largest absolute Gasteiger partial charge is 0.496 e. The monoisotopic (exact) mass is 502 g/mol. The standard InChI is InChI=1S/C29H36F2O5/c1-19(22-14-25(35-3)20(2)26(15-22)36-4)23(13-9-8-12-21-10-6-5-7-11-21)24(32)16-28(27(33)34)17-29(30,31)18-28/h5-7,10-11,14-15,19,23H,8-9,12-13,16-18H2,1-4H3,(H,33,34). The van der Waals surface area contributed by atoms with Crippen LogP contribution in [0.4, 0.5) is 8.78 Å². The number of carbonyl (C=O) groups is 2. The van der Waals surface area contributed by atoms with Crippen molar-refractivity contribution in [1.29, 1.82) is 0 Å². The number of alkyl halides is 2. The zero-order valence-electron chi connectivity index (χ0n) is 21.5. The summed E-state index contributed by atoms with van der Waals surface area (Å²) in [6.45, 7) is 3.80. The van der Waals surface area contributed by atoms with Crippen LogP contribution in [-0.4, -0.2) is 37.0 Å². The Hall–Kier alpha value is -2.96. The number of aryl methyl sites for hydroxylation is 1. The highest BCUT2D eigenvalue weighted by molar-refractivity contribution is 5.89. The molecule has 1 aliphatic rings. The van der Waals surface area contributed by atoms with Gasteiger partial charge >= 0.3 is 5.97 Å². The Morgan fingerprint density at radius 3 is 2.11 bits per heavy atom. The zero-order chi connectivity index (χ0) is 26.5. The highest BCUT2D eigenvalue weighted by atomic mass is 19.3. The second kappa shape index (κ2) is 11.4. The number of ether oxygens (including phenoxy) is 2. The van der Waals surface area contributed by atoms with Gasteiger partial charge in [0, 0.05) is 30.7 Å². The Morgan fingerprint density at radius 1 is 1.03 bits per heavy atom. The second-order valence-electron chi connectivity index (χ2n) is 10.1. The quantitative estimate of drug-likeness (QED) is 0.312. The van der Waals surface area contributed by atoms with Crippen LogP contribution in [0.3, 0.4) is 0 Å². The first-order valence-corrected chi connectivity index (χ1v) is 12.4. The van der Waals surface area contributed by atoms with Crippen molar-refractivity contribution in [2.45, 2.75) is 70.6 Å². The van der Waals surface area contributed by atoms with Crippen LogP contribution in [0.2, 0.25) is 0 Å². The van der Waals surface area contributed by atoms with Gasteiger partial charge in [-0.1, -0.05) is 43.7 Å². The highest BCUT2D eigenvalue weighted by Gasteiger charge is 2.62. The number of methoxy groups -OCH3 is 2. The van der Waals surface area contributed by atoms with Gasteiger partial charge in [-0.2, -0.15) is 0 Å². The minimum atomic E-state index is -3.03. The molecule has 2 atom stereocenters. The van der Waals surface area contributed by atoms with E-state index >= 15 is 0 Å². The molecule has 7 heteroatoms. The number of benzene rings is 2. The molecular formula is C29H36F2O5. The summed E-state index contributed by atoms with van der Waals surface area (Å²) in [5.74, 6) is -4.16. The van der Waals surface area contributed by atoms with Crippen molar-refractivity contribution < 1.29 is 33.0 Å². The molecule has 5 nitrogen and oxygen atoms in total. The summed E-state index contributed by atoms with van der Waals surface area (Å²) in [5, 5.41) is 9.69. The van der Waals surface area contributed by atoms with Crippen LogP contribution in [0.15, 0.2) is 42.5 Å². The van der Waals surface area contributed by atoms with Crippen LogP contribution < -0.4 is 9.47 Å².